The van der Waals surface area contributed by atoms with Crippen molar-refractivity contribution in [2.45, 2.75) is 18.9 Å². The van der Waals surface area contributed by atoms with Gasteiger partial charge in [0.25, 0.3) is 0 Å². The Morgan fingerprint density at radius 2 is 2.00 bits per heavy atom. The molecule has 1 amide bonds. The molecule has 1 aromatic rings. The smallest absolute Gasteiger partial charge is 0.235 e. The first-order valence-corrected chi connectivity index (χ1v) is 6.27. The molecule has 2 N–H and O–H groups in total. The lowest BCUT2D eigenvalue weighted by Crippen LogP contribution is -2.38. The molecule has 0 fully saturated rings. The number of hydrogen-bond acceptors (Lipinski definition) is 2. The van der Waals surface area contributed by atoms with Gasteiger partial charge < -0.3 is 10.4 Å². The summed E-state index contributed by atoms with van der Waals surface area (Å²) in [5, 5.41) is 12.5. The Kier molecular flexibility index (Phi) is 6.34. The third-order valence-electron chi connectivity index (χ3n) is 2.40. The summed E-state index contributed by atoms with van der Waals surface area (Å²) in [6, 6.07) is 7.25. The van der Waals surface area contributed by atoms with Crippen LogP contribution in [0.2, 0.25) is 5.02 Å². The number of carbonyl (C=O) groups is 1. The predicted octanol–water partition coefficient (Wildman–Crippen LogP) is 1.99. The van der Waals surface area contributed by atoms with E-state index < -0.39 is 0 Å². The lowest BCUT2D eigenvalue weighted by molar-refractivity contribution is -0.119. The second-order valence-corrected chi connectivity index (χ2v) is 4.45. The maximum Gasteiger partial charge on any atom is 0.235 e. The van der Waals surface area contributed by atoms with Crippen molar-refractivity contribution in [3.8, 4) is 0 Å². The van der Waals surface area contributed by atoms with Crippen LogP contribution in [0.1, 0.15) is 12.0 Å². The first kappa shape index (κ1) is 14.3. The molecular formula is C12H15Cl2NO2. The number of hydrogen-bond donors (Lipinski definition) is 2. The fourth-order valence-corrected chi connectivity index (χ4v) is 1.67. The number of amides is 1. The predicted molar refractivity (Wildman–Crippen MR) is 69.5 cm³/mol. The fourth-order valence-electron chi connectivity index (χ4n) is 1.47. The van der Waals surface area contributed by atoms with Gasteiger partial charge in [-0.2, -0.15) is 0 Å². The van der Waals surface area contributed by atoms with Gasteiger partial charge in [0, 0.05) is 5.02 Å². The van der Waals surface area contributed by atoms with Crippen molar-refractivity contribution in [1.82, 2.24) is 5.32 Å². The van der Waals surface area contributed by atoms with Crippen LogP contribution < -0.4 is 5.32 Å². The van der Waals surface area contributed by atoms with Crippen LogP contribution in [-0.2, 0) is 11.2 Å². The summed E-state index contributed by atoms with van der Waals surface area (Å²) >= 11 is 11.2. The molecule has 1 aromatic carbocycles. The van der Waals surface area contributed by atoms with E-state index in [0.717, 1.165) is 12.0 Å². The van der Waals surface area contributed by atoms with Gasteiger partial charge in [-0.3, -0.25) is 4.79 Å². The Hall–Kier alpha value is -0.770. The molecule has 0 unspecified atom stereocenters. The molecule has 0 spiro atoms. The number of aryl methyl sites for hydroxylation is 1. The van der Waals surface area contributed by atoms with E-state index in [2.05, 4.69) is 5.32 Å². The molecule has 94 valence electrons. The molecule has 1 rings (SSSR count). The Balaban J connectivity index is 2.42. The van der Waals surface area contributed by atoms with Gasteiger partial charge in [-0.05, 0) is 30.5 Å². The zero-order valence-corrected chi connectivity index (χ0v) is 10.8. The van der Waals surface area contributed by atoms with Gasteiger partial charge in [0.1, 0.15) is 5.88 Å². The summed E-state index contributed by atoms with van der Waals surface area (Å²) in [5.41, 5.74) is 1.12. The number of halogens is 2. The summed E-state index contributed by atoms with van der Waals surface area (Å²) in [5.74, 6) is -0.348. The van der Waals surface area contributed by atoms with Crippen LogP contribution in [0.5, 0.6) is 0 Å². The lowest BCUT2D eigenvalue weighted by atomic mass is 10.1. The highest BCUT2D eigenvalue weighted by atomic mass is 35.5. The maximum absolute atomic E-state index is 11.1. The molecule has 0 aliphatic heterocycles. The minimum Gasteiger partial charge on any atom is -0.394 e. The van der Waals surface area contributed by atoms with Gasteiger partial charge in [-0.25, -0.2) is 0 Å². The SMILES string of the molecule is O=C(CCl)N[C@H](CO)CCc1ccc(Cl)cc1. The summed E-state index contributed by atoms with van der Waals surface area (Å²) in [4.78, 5) is 11.1. The maximum atomic E-state index is 11.1. The minimum atomic E-state index is -0.262. The van der Waals surface area contributed by atoms with Crippen LogP contribution in [0.4, 0.5) is 0 Å². The standard InChI is InChI=1S/C12H15Cl2NO2/c13-7-12(17)15-11(8-16)6-3-9-1-4-10(14)5-2-9/h1-2,4-5,11,16H,3,6-8H2,(H,15,17)/t11-/m0/s1. The molecule has 0 radical (unpaired) electrons. The van der Waals surface area contributed by atoms with Gasteiger partial charge in [-0.15, -0.1) is 11.6 Å². The Bertz CT molecular complexity index is 354. The summed E-state index contributed by atoms with van der Waals surface area (Å²) in [7, 11) is 0. The molecule has 5 heteroatoms. The molecule has 0 saturated carbocycles. The second-order valence-electron chi connectivity index (χ2n) is 3.75. The normalized spacial score (nSPS) is 12.2. The van der Waals surface area contributed by atoms with Gasteiger partial charge >= 0.3 is 0 Å². The quantitative estimate of drug-likeness (QED) is 0.781. The summed E-state index contributed by atoms with van der Waals surface area (Å²) in [6.07, 6.45) is 1.44. The van der Waals surface area contributed by atoms with Crippen LogP contribution in [-0.4, -0.2) is 29.5 Å². The molecule has 0 aliphatic carbocycles. The van der Waals surface area contributed by atoms with Crippen LogP contribution in [0, 0.1) is 0 Å². The largest absolute Gasteiger partial charge is 0.394 e. The van der Waals surface area contributed by atoms with E-state index >= 15 is 0 Å². The van der Waals surface area contributed by atoms with Crippen molar-refractivity contribution >= 4 is 29.1 Å². The zero-order valence-electron chi connectivity index (χ0n) is 9.33. The number of nitrogens with one attached hydrogen (secondary N) is 1. The molecule has 0 aliphatic rings. The van der Waals surface area contributed by atoms with Crippen molar-refractivity contribution in [3.63, 3.8) is 0 Å². The van der Waals surface area contributed by atoms with Gasteiger partial charge in [-0.1, -0.05) is 23.7 Å². The van der Waals surface area contributed by atoms with E-state index in [1.807, 2.05) is 24.3 Å². The van der Waals surface area contributed by atoms with Crippen molar-refractivity contribution in [2.24, 2.45) is 0 Å². The Labute approximate surface area is 111 Å². The van der Waals surface area contributed by atoms with Crippen LogP contribution in [0.3, 0.4) is 0 Å². The van der Waals surface area contributed by atoms with Gasteiger partial charge in [0.05, 0.1) is 12.6 Å². The molecule has 17 heavy (non-hydrogen) atoms. The van der Waals surface area contributed by atoms with E-state index in [1.54, 1.807) is 0 Å². The summed E-state index contributed by atoms with van der Waals surface area (Å²) in [6.45, 7) is -0.0871. The number of rotatable bonds is 6. The first-order chi connectivity index (χ1) is 8.15. The van der Waals surface area contributed by atoms with Crippen LogP contribution in [0.25, 0.3) is 0 Å². The Morgan fingerprint density at radius 3 is 2.53 bits per heavy atom. The van der Waals surface area contributed by atoms with Crippen molar-refractivity contribution in [3.05, 3.63) is 34.9 Å². The van der Waals surface area contributed by atoms with Gasteiger partial charge in [0.15, 0.2) is 0 Å². The summed E-state index contributed by atoms with van der Waals surface area (Å²) < 4.78 is 0. The van der Waals surface area contributed by atoms with Crippen LogP contribution in [0.15, 0.2) is 24.3 Å². The van der Waals surface area contributed by atoms with E-state index in [-0.39, 0.29) is 24.4 Å². The van der Waals surface area contributed by atoms with E-state index in [9.17, 15) is 4.79 Å². The molecule has 1 atom stereocenters. The lowest BCUT2D eigenvalue weighted by Gasteiger charge is -2.15. The number of benzene rings is 1. The van der Waals surface area contributed by atoms with Crippen LogP contribution >= 0.6 is 23.2 Å². The average Bonchev–Trinajstić information content (AvgIpc) is 2.36. The Morgan fingerprint density at radius 1 is 1.35 bits per heavy atom. The third kappa shape index (κ3) is 5.39. The molecule has 0 saturated heterocycles. The monoisotopic (exact) mass is 275 g/mol. The molecule has 0 aromatic heterocycles. The van der Waals surface area contributed by atoms with Gasteiger partial charge in [0.2, 0.25) is 5.91 Å². The van der Waals surface area contributed by atoms with Crippen molar-refractivity contribution < 1.29 is 9.90 Å². The van der Waals surface area contributed by atoms with E-state index in [0.29, 0.717) is 11.4 Å². The van der Waals surface area contributed by atoms with Crippen molar-refractivity contribution in [2.75, 3.05) is 12.5 Å². The average molecular weight is 276 g/mol. The third-order valence-corrected chi connectivity index (χ3v) is 2.90. The van der Waals surface area contributed by atoms with E-state index in [1.165, 1.54) is 0 Å². The highest BCUT2D eigenvalue weighted by molar-refractivity contribution is 6.30. The number of aliphatic hydroxyl groups excluding tert-OH is 1. The van der Waals surface area contributed by atoms with Crippen molar-refractivity contribution in [1.29, 1.82) is 0 Å². The van der Waals surface area contributed by atoms with E-state index in [4.69, 9.17) is 28.3 Å². The molecule has 0 heterocycles. The number of alkyl halides is 1. The zero-order chi connectivity index (χ0) is 12.7. The number of aliphatic hydroxyl groups is 1. The fraction of sp³-hybridized carbons (Fsp3) is 0.417. The molecule has 3 nitrogen and oxygen atoms in total. The second kappa shape index (κ2) is 7.54. The minimum absolute atomic E-state index is 0.0859. The first-order valence-electron chi connectivity index (χ1n) is 5.36. The molecule has 0 bridgehead atoms. The highest BCUT2D eigenvalue weighted by Gasteiger charge is 2.10. The highest BCUT2D eigenvalue weighted by Crippen LogP contribution is 2.11. The topological polar surface area (TPSA) is 49.3 Å². The number of carbonyl (C=O) groups excluding carboxylic acids is 1. The molecular weight excluding hydrogens is 261 g/mol.